The molecule has 0 atom stereocenters. The van der Waals surface area contributed by atoms with E-state index in [0.717, 1.165) is 29.9 Å². The molecule has 3 rings (SSSR count). The normalized spacial score (nSPS) is 17.6. The fourth-order valence-corrected chi connectivity index (χ4v) is 2.59. The lowest BCUT2D eigenvalue weighted by molar-refractivity contribution is 0.592. The summed E-state index contributed by atoms with van der Waals surface area (Å²) >= 11 is 3.67. The molecule has 1 aliphatic rings. The van der Waals surface area contributed by atoms with Crippen molar-refractivity contribution in [3.05, 3.63) is 30.5 Å². The predicted molar refractivity (Wildman–Crippen MR) is 73.7 cm³/mol. The smallest absolute Gasteiger partial charge is 0.147 e. The highest BCUT2D eigenvalue weighted by atomic mass is 79.9. The second-order valence-corrected chi connectivity index (χ2v) is 5.67. The number of hydrogen-bond acceptors (Lipinski definition) is 3. The second kappa shape index (κ2) is 4.61. The Labute approximate surface area is 109 Å². The highest BCUT2D eigenvalue weighted by molar-refractivity contribution is 9.09. The first-order chi connectivity index (χ1) is 8.33. The summed E-state index contributed by atoms with van der Waals surface area (Å²) in [4.78, 5) is 12.1. The maximum atomic E-state index is 4.67. The zero-order valence-corrected chi connectivity index (χ0v) is 11.1. The van der Waals surface area contributed by atoms with E-state index in [2.05, 4.69) is 30.8 Å². The van der Waals surface area contributed by atoms with Crippen molar-refractivity contribution in [2.24, 2.45) is 0 Å². The largest absolute Gasteiger partial charge is 0.355 e. The van der Waals surface area contributed by atoms with Gasteiger partial charge in [0.05, 0.1) is 17.2 Å². The van der Waals surface area contributed by atoms with E-state index in [9.17, 15) is 0 Å². The van der Waals surface area contributed by atoms with Crippen LogP contribution in [-0.4, -0.2) is 27.9 Å². The topological polar surface area (TPSA) is 29.0 Å². The Morgan fingerprint density at radius 1 is 1.12 bits per heavy atom. The molecule has 4 heteroatoms. The maximum absolute atomic E-state index is 4.67. The lowest BCUT2D eigenvalue weighted by Gasteiger charge is -2.30. The molecule has 2 heterocycles. The number of rotatable bonds is 1. The van der Waals surface area contributed by atoms with Crippen LogP contribution in [0.1, 0.15) is 12.8 Å². The summed E-state index contributed by atoms with van der Waals surface area (Å²) in [6.07, 6.45) is 4.24. The van der Waals surface area contributed by atoms with Crippen LogP contribution in [0, 0.1) is 0 Å². The van der Waals surface area contributed by atoms with Gasteiger partial charge in [-0.2, -0.15) is 0 Å². The molecule has 1 aliphatic heterocycles. The van der Waals surface area contributed by atoms with Gasteiger partial charge in [-0.25, -0.2) is 4.98 Å². The summed E-state index contributed by atoms with van der Waals surface area (Å²) in [6.45, 7) is 2.12. The predicted octanol–water partition coefficient (Wildman–Crippen LogP) is 2.99. The Kier molecular flexibility index (Phi) is 2.97. The molecule has 2 aromatic rings. The van der Waals surface area contributed by atoms with Gasteiger partial charge in [-0.3, -0.25) is 4.98 Å². The Morgan fingerprint density at radius 2 is 1.82 bits per heavy atom. The van der Waals surface area contributed by atoms with Gasteiger partial charge in [0.15, 0.2) is 0 Å². The number of hydrogen-bond donors (Lipinski definition) is 0. The Balaban J connectivity index is 1.90. The van der Waals surface area contributed by atoms with Gasteiger partial charge in [0.2, 0.25) is 0 Å². The molecule has 17 heavy (non-hydrogen) atoms. The van der Waals surface area contributed by atoms with E-state index >= 15 is 0 Å². The van der Waals surface area contributed by atoms with E-state index in [0.29, 0.717) is 4.83 Å². The summed E-state index contributed by atoms with van der Waals surface area (Å²) in [7, 11) is 0. The lowest BCUT2D eigenvalue weighted by atomic mass is 10.1. The SMILES string of the molecule is BrC1CCN(c2cnc3ccccc3n2)CC1. The van der Waals surface area contributed by atoms with E-state index < -0.39 is 0 Å². The van der Waals surface area contributed by atoms with Crippen LogP contribution >= 0.6 is 15.9 Å². The number of anilines is 1. The number of halogens is 1. The van der Waals surface area contributed by atoms with Crippen molar-refractivity contribution in [3.8, 4) is 0 Å². The summed E-state index contributed by atoms with van der Waals surface area (Å²) < 4.78 is 0. The van der Waals surface area contributed by atoms with Gasteiger partial charge in [-0.05, 0) is 25.0 Å². The van der Waals surface area contributed by atoms with E-state index in [1.54, 1.807) is 0 Å². The third-order valence-corrected chi connectivity index (χ3v) is 4.10. The van der Waals surface area contributed by atoms with Gasteiger partial charge in [0, 0.05) is 17.9 Å². The Bertz CT molecular complexity index is 521. The van der Waals surface area contributed by atoms with Crippen LogP contribution in [0.4, 0.5) is 5.82 Å². The Hall–Kier alpha value is -1.16. The van der Waals surface area contributed by atoms with Crippen LogP contribution in [0.3, 0.4) is 0 Å². The molecule has 0 bridgehead atoms. The number of benzene rings is 1. The first-order valence-electron chi connectivity index (χ1n) is 5.94. The molecule has 1 saturated heterocycles. The molecule has 1 aromatic carbocycles. The van der Waals surface area contributed by atoms with Gasteiger partial charge < -0.3 is 4.90 Å². The van der Waals surface area contributed by atoms with Crippen molar-refractivity contribution >= 4 is 32.8 Å². The first-order valence-corrected chi connectivity index (χ1v) is 6.85. The molecule has 1 aromatic heterocycles. The highest BCUT2D eigenvalue weighted by Gasteiger charge is 2.18. The van der Waals surface area contributed by atoms with Gasteiger partial charge in [-0.1, -0.05) is 28.1 Å². The maximum Gasteiger partial charge on any atom is 0.147 e. The zero-order chi connectivity index (χ0) is 11.7. The molecule has 0 amide bonds. The molecule has 88 valence electrons. The second-order valence-electron chi connectivity index (χ2n) is 4.38. The van der Waals surface area contributed by atoms with Crippen LogP contribution in [0.2, 0.25) is 0 Å². The minimum atomic E-state index is 0.659. The number of nitrogens with zero attached hydrogens (tertiary/aromatic N) is 3. The minimum Gasteiger partial charge on any atom is -0.355 e. The number of fused-ring (bicyclic) bond motifs is 1. The van der Waals surface area contributed by atoms with Crippen molar-refractivity contribution in [1.29, 1.82) is 0 Å². The van der Waals surface area contributed by atoms with Gasteiger partial charge in [0.25, 0.3) is 0 Å². The molecule has 0 saturated carbocycles. The summed E-state index contributed by atoms with van der Waals surface area (Å²) in [5.41, 5.74) is 1.94. The quantitative estimate of drug-likeness (QED) is 0.757. The highest BCUT2D eigenvalue weighted by Crippen LogP contribution is 2.22. The summed E-state index contributed by atoms with van der Waals surface area (Å²) in [5, 5.41) is 0. The molecular weight excluding hydrogens is 278 g/mol. The van der Waals surface area contributed by atoms with Crippen molar-refractivity contribution < 1.29 is 0 Å². The number of para-hydroxylation sites is 2. The van der Waals surface area contributed by atoms with Gasteiger partial charge in [0.1, 0.15) is 5.82 Å². The minimum absolute atomic E-state index is 0.659. The van der Waals surface area contributed by atoms with Crippen LogP contribution < -0.4 is 4.90 Å². The Morgan fingerprint density at radius 3 is 2.59 bits per heavy atom. The zero-order valence-electron chi connectivity index (χ0n) is 9.51. The molecule has 0 radical (unpaired) electrons. The number of piperidine rings is 1. The summed E-state index contributed by atoms with van der Waals surface area (Å²) in [5.74, 6) is 1.00. The molecular formula is C13H14BrN3. The molecule has 0 unspecified atom stereocenters. The molecule has 0 spiro atoms. The fourth-order valence-electron chi connectivity index (χ4n) is 2.18. The first kappa shape index (κ1) is 11.0. The van der Waals surface area contributed by atoms with Crippen molar-refractivity contribution in [2.45, 2.75) is 17.7 Å². The van der Waals surface area contributed by atoms with Crippen molar-refractivity contribution in [2.75, 3.05) is 18.0 Å². The third-order valence-electron chi connectivity index (χ3n) is 3.18. The van der Waals surface area contributed by atoms with Gasteiger partial charge in [-0.15, -0.1) is 0 Å². The monoisotopic (exact) mass is 291 g/mol. The van der Waals surface area contributed by atoms with Crippen LogP contribution in [0.5, 0.6) is 0 Å². The van der Waals surface area contributed by atoms with Crippen LogP contribution in [0.25, 0.3) is 11.0 Å². The standard InChI is InChI=1S/C13H14BrN3/c14-10-5-7-17(8-6-10)13-9-15-11-3-1-2-4-12(11)16-13/h1-4,9-10H,5-8H2. The average Bonchev–Trinajstić information content (AvgIpc) is 2.39. The van der Waals surface area contributed by atoms with Gasteiger partial charge >= 0.3 is 0 Å². The fraction of sp³-hybridized carbons (Fsp3) is 0.385. The van der Waals surface area contributed by atoms with Crippen LogP contribution in [-0.2, 0) is 0 Å². The van der Waals surface area contributed by atoms with E-state index in [1.807, 2.05) is 30.5 Å². The van der Waals surface area contributed by atoms with Crippen molar-refractivity contribution in [3.63, 3.8) is 0 Å². The lowest BCUT2D eigenvalue weighted by Crippen LogP contribution is -2.34. The number of alkyl halides is 1. The van der Waals surface area contributed by atoms with E-state index in [4.69, 9.17) is 0 Å². The number of aromatic nitrogens is 2. The van der Waals surface area contributed by atoms with E-state index in [1.165, 1.54) is 12.8 Å². The molecule has 3 nitrogen and oxygen atoms in total. The molecule has 0 aliphatic carbocycles. The summed E-state index contributed by atoms with van der Waals surface area (Å²) in [6, 6.07) is 8.01. The molecule has 1 fully saturated rings. The van der Waals surface area contributed by atoms with E-state index in [-0.39, 0.29) is 0 Å². The third kappa shape index (κ3) is 2.27. The van der Waals surface area contributed by atoms with Crippen LogP contribution in [0.15, 0.2) is 30.5 Å². The average molecular weight is 292 g/mol. The van der Waals surface area contributed by atoms with Crippen molar-refractivity contribution in [1.82, 2.24) is 9.97 Å². The molecule has 0 N–H and O–H groups in total.